The number of piperazine rings is 1. The molecule has 0 atom stereocenters. The van der Waals surface area contributed by atoms with E-state index < -0.39 is 0 Å². The molecule has 6 nitrogen and oxygen atoms in total. The van der Waals surface area contributed by atoms with E-state index in [9.17, 15) is 4.79 Å². The second-order valence-corrected chi connectivity index (χ2v) is 7.76. The van der Waals surface area contributed by atoms with E-state index in [1.807, 2.05) is 65.6 Å². The minimum atomic E-state index is 0.0372. The predicted molar refractivity (Wildman–Crippen MR) is 126 cm³/mol. The van der Waals surface area contributed by atoms with E-state index in [1.165, 1.54) is 0 Å². The molecule has 3 heterocycles. The Morgan fingerprint density at radius 2 is 1.62 bits per heavy atom. The summed E-state index contributed by atoms with van der Waals surface area (Å²) in [4.78, 5) is 27.0. The lowest BCUT2D eigenvalue weighted by Crippen LogP contribution is -2.48. The van der Waals surface area contributed by atoms with Gasteiger partial charge in [-0.2, -0.15) is 0 Å². The fourth-order valence-corrected chi connectivity index (χ4v) is 4.13. The van der Waals surface area contributed by atoms with Crippen LogP contribution < -0.4 is 9.64 Å². The summed E-state index contributed by atoms with van der Waals surface area (Å²) in [6.45, 7) is 2.91. The van der Waals surface area contributed by atoms with E-state index >= 15 is 0 Å². The van der Waals surface area contributed by atoms with Crippen LogP contribution >= 0.6 is 0 Å². The van der Waals surface area contributed by atoms with E-state index in [0.717, 1.165) is 41.1 Å². The van der Waals surface area contributed by atoms with Crippen molar-refractivity contribution < 1.29 is 9.53 Å². The Labute approximate surface area is 187 Å². The Morgan fingerprint density at radius 3 is 2.34 bits per heavy atom. The average Bonchev–Trinajstić information content (AvgIpc) is 2.88. The lowest BCUT2D eigenvalue weighted by Gasteiger charge is -2.36. The highest BCUT2D eigenvalue weighted by Gasteiger charge is 2.24. The molecule has 1 aliphatic rings. The Hall–Kier alpha value is -3.93. The van der Waals surface area contributed by atoms with Crippen LogP contribution in [0.15, 0.2) is 79.0 Å². The van der Waals surface area contributed by atoms with Gasteiger partial charge >= 0.3 is 0 Å². The van der Waals surface area contributed by atoms with Crippen molar-refractivity contribution >= 4 is 22.5 Å². The van der Waals surface area contributed by atoms with Gasteiger partial charge in [0.05, 0.1) is 29.6 Å². The van der Waals surface area contributed by atoms with Crippen LogP contribution in [0.3, 0.4) is 0 Å². The first-order valence-corrected chi connectivity index (χ1v) is 10.7. The van der Waals surface area contributed by atoms with Gasteiger partial charge in [-0.15, -0.1) is 0 Å². The molecule has 1 aliphatic heterocycles. The maximum Gasteiger partial charge on any atom is 0.254 e. The number of aromatic nitrogens is 2. The van der Waals surface area contributed by atoms with Gasteiger partial charge in [-0.05, 0) is 48.5 Å². The van der Waals surface area contributed by atoms with Crippen molar-refractivity contribution in [2.75, 3.05) is 38.2 Å². The zero-order valence-electron chi connectivity index (χ0n) is 17.9. The number of rotatable bonds is 4. The van der Waals surface area contributed by atoms with E-state index in [-0.39, 0.29) is 5.91 Å². The molecule has 2 aromatic carbocycles. The number of ether oxygens (including phenoxy) is 1. The van der Waals surface area contributed by atoms with Crippen molar-refractivity contribution in [3.63, 3.8) is 0 Å². The van der Waals surface area contributed by atoms with Crippen molar-refractivity contribution in [1.82, 2.24) is 14.9 Å². The highest BCUT2D eigenvalue weighted by molar-refractivity contribution is 6.07. The summed E-state index contributed by atoms with van der Waals surface area (Å²) in [6, 6.07) is 23.5. The quantitative estimate of drug-likeness (QED) is 0.490. The first-order valence-electron chi connectivity index (χ1n) is 10.7. The molecule has 0 bridgehead atoms. The predicted octanol–water partition coefficient (Wildman–Crippen LogP) is 4.27. The van der Waals surface area contributed by atoms with Gasteiger partial charge in [0, 0.05) is 43.4 Å². The number of carbonyl (C=O) groups excluding carboxylic acids is 1. The maximum atomic E-state index is 13.6. The molecule has 32 heavy (non-hydrogen) atoms. The minimum absolute atomic E-state index is 0.0372. The third-order valence-electron chi connectivity index (χ3n) is 5.88. The van der Waals surface area contributed by atoms with Gasteiger partial charge in [-0.1, -0.05) is 24.3 Å². The number of nitrogens with zero attached hydrogens (tertiary/aromatic N) is 4. The molecule has 0 saturated carbocycles. The molecule has 0 N–H and O–H groups in total. The fourth-order valence-electron chi connectivity index (χ4n) is 4.13. The van der Waals surface area contributed by atoms with Crippen molar-refractivity contribution in [2.45, 2.75) is 0 Å². The Kier molecular flexibility index (Phi) is 5.42. The van der Waals surface area contributed by atoms with Crippen LogP contribution in [0.2, 0.25) is 0 Å². The number of anilines is 1. The van der Waals surface area contributed by atoms with Gasteiger partial charge in [0.15, 0.2) is 0 Å². The number of hydrogen-bond acceptors (Lipinski definition) is 5. The summed E-state index contributed by atoms with van der Waals surface area (Å²) in [5.74, 6) is 0.881. The summed E-state index contributed by atoms with van der Waals surface area (Å²) in [5.41, 5.74) is 4.09. The van der Waals surface area contributed by atoms with Gasteiger partial charge in [0.2, 0.25) is 0 Å². The first kappa shape index (κ1) is 20.0. The molecular formula is C26H24N4O2. The molecule has 6 heteroatoms. The van der Waals surface area contributed by atoms with Gasteiger partial charge < -0.3 is 14.5 Å². The van der Waals surface area contributed by atoms with Crippen LogP contribution in [0.5, 0.6) is 5.75 Å². The minimum Gasteiger partial charge on any atom is -0.497 e. The van der Waals surface area contributed by atoms with Crippen LogP contribution in [-0.4, -0.2) is 54.1 Å². The highest BCUT2D eigenvalue weighted by atomic mass is 16.5. The molecular weight excluding hydrogens is 400 g/mol. The molecule has 5 rings (SSSR count). The third-order valence-corrected chi connectivity index (χ3v) is 5.88. The van der Waals surface area contributed by atoms with Crippen molar-refractivity contribution in [3.8, 4) is 17.1 Å². The molecule has 0 unspecified atom stereocenters. The number of para-hydroxylation sites is 1. The largest absolute Gasteiger partial charge is 0.497 e. The van der Waals surface area contributed by atoms with Gasteiger partial charge in [-0.3, -0.25) is 9.78 Å². The molecule has 1 saturated heterocycles. The molecule has 0 radical (unpaired) electrons. The average molecular weight is 425 g/mol. The zero-order chi connectivity index (χ0) is 21.9. The number of pyridine rings is 2. The molecule has 2 aromatic heterocycles. The Morgan fingerprint density at radius 1 is 0.875 bits per heavy atom. The summed E-state index contributed by atoms with van der Waals surface area (Å²) in [7, 11) is 1.67. The number of benzene rings is 2. The molecule has 160 valence electrons. The number of amides is 1. The fraction of sp³-hybridized carbons (Fsp3) is 0.192. The van der Waals surface area contributed by atoms with E-state index in [4.69, 9.17) is 9.72 Å². The number of carbonyl (C=O) groups is 1. The number of fused-ring (bicyclic) bond motifs is 1. The lowest BCUT2D eigenvalue weighted by molar-refractivity contribution is 0.0748. The lowest BCUT2D eigenvalue weighted by atomic mass is 10.0. The van der Waals surface area contributed by atoms with Crippen molar-refractivity contribution in [2.24, 2.45) is 0 Å². The number of hydrogen-bond donors (Lipinski definition) is 0. The number of methoxy groups -OCH3 is 1. The van der Waals surface area contributed by atoms with E-state index in [1.54, 1.807) is 13.3 Å². The third kappa shape index (κ3) is 3.87. The zero-order valence-corrected chi connectivity index (χ0v) is 17.9. The van der Waals surface area contributed by atoms with E-state index in [0.29, 0.717) is 24.3 Å². The highest BCUT2D eigenvalue weighted by Crippen LogP contribution is 2.26. The van der Waals surface area contributed by atoms with E-state index in [2.05, 4.69) is 22.0 Å². The molecule has 0 spiro atoms. The summed E-state index contributed by atoms with van der Waals surface area (Å²) in [6.07, 6.45) is 1.74. The molecule has 1 fully saturated rings. The van der Waals surface area contributed by atoms with Crippen LogP contribution in [-0.2, 0) is 0 Å². The van der Waals surface area contributed by atoms with Crippen molar-refractivity contribution in [1.29, 1.82) is 0 Å². The topological polar surface area (TPSA) is 58.6 Å². The van der Waals surface area contributed by atoms with Crippen molar-refractivity contribution in [3.05, 3.63) is 84.6 Å². The second-order valence-electron chi connectivity index (χ2n) is 7.76. The first-order chi connectivity index (χ1) is 15.7. The van der Waals surface area contributed by atoms with Gasteiger partial charge in [-0.25, -0.2) is 4.98 Å². The molecule has 4 aromatic rings. The van der Waals surface area contributed by atoms with Gasteiger partial charge in [0.1, 0.15) is 5.75 Å². The standard InChI is InChI=1S/C26H24N4O2/c1-32-20-11-9-19(10-12-20)29-14-16-30(17-15-29)26(31)22-18-25(24-8-4-5-13-27-24)28-23-7-3-2-6-21(22)23/h2-13,18H,14-17H2,1H3. The summed E-state index contributed by atoms with van der Waals surface area (Å²) in [5, 5.41) is 0.870. The Balaban J connectivity index is 1.40. The van der Waals surface area contributed by atoms with Crippen LogP contribution in [0, 0.1) is 0 Å². The SMILES string of the molecule is COc1ccc(N2CCN(C(=O)c3cc(-c4ccccn4)nc4ccccc34)CC2)cc1. The van der Waals surface area contributed by atoms with Crippen LogP contribution in [0.4, 0.5) is 5.69 Å². The summed E-state index contributed by atoms with van der Waals surface area (Å²) >= 11 is 0. The van der Waals surface area contributed by atoms with Gasteiger partial charge in [0.25, 0.3) is 5.91 Å². The monoisotopic (exact) mass is 424 g/mol. The normalized spacial score (nSPS) is 13.9. The molecule has 1 amide bonds. The van der Waals surface area contributed by atoms with Crippen LogP contribution in [0.1, 0.15) is 10.4 Å². The maximum absolute atomic E-state index is 13.6. The molecule has 0 aliphatic carbocycles. The van der Waals surface area contributed by atoms with Crippen LogP contribution in [0.25, 0.3) is 22.3 Å². The Bertz CT molecular complexity index is 1230. The second kappa shape index (κ2) is 8.67. The summed E-state index contributed by atoms with van der Waals surface area (Å²) < 4.78 is 5.25. The smallest absolute Gasteiger partial charge is 0.254 e.